The Hall–Kier alpha value is -0.850. The molecular formula is C12H10BrNO2S2. The molecule has 0 aliphatic carbocycles. The number of nitrogens with zero attached hydrogens (tertiary/aromatic N) is 1. The fourth-order valence-electron chi connectivity index (χ4n) is 1.28. The fourth-order valence-corrected chi connectivity index (χ4v) is 3.63. The van der Waals surface area contributed by atoms with Crippen molar-refractivity contribution < 1.29 is 9.53 Å². The van der Waals surface area contributed by atoms with Crippen LogP contribution < -0.4 is 0 Å². The van der Waals surface area contributed by atoms with E-state index in [4.69, 9.17) is 0 Å². The van der Waals surface area contributed by atoms with E-state index in [0.717, 1.165) is 20.1 Å². The van der Waals surface area contributed by atoms with Crippen LogP contribution in [0.1, 0.15) is 15.5 Å². The second-order valence-electron chi connectivity index (χ2n) is 3.34. The predicted molar refractivity (Wildman–Crippen MR) is 77.2 cm³/mol. The van der Waals surface area contributed by atoms with Crippen LogP contribution in [0.3, 0.4) is 0 Å². The van der Waals surface area contributed by atoms with Gasteiger partial charge in [-0.25, -0.2) is 9.78 Å². The van der Waals surface area contributed by atoms with Crippen LogP contribution in [0.2, 0.25) is 0 Å². The summed E-state index contributed by atoms with van der Waals surface area (Å²) in [5.41, 5.74) is 0.380. The van der Waals surface area contributed by atoms with Gasteiger partial charge < -0.3 is 4.74 Å². The van der Waals surface area contributed by atoms with Crippen LogP contribution in [0.15, 0.2) is 39.0 Å². The smallest absolute Gasteiger partial charge is 0.357 e. The number of hydrogen-bond acceptors (Lipinski definition) is 5. The molecule has 1 aromatic carbocycles. The van der Waals surface area contributed by atoms with Gasteiger partial charge in [0.25, 0.3) is 0 Å². The van der Waals surface area contributed by atoms with Crippen LogP contribution in [0.4, 0.5) is 0 Å². The number of benzene rings is 1. The van der Waals surface area contributed by atoms with E-state index in [2.05, 4.69) is 25.7 Å². The Bertz CT molecular complexity index is 557. The largest absolute Gasteiger partial charge is 0.464 e. The zero-order chi connectivity index (χ0) is 13.0. The van der Waals surface area contributed by atoms with E-state index in [1.54, 1.807) is 17.1 Å². The number of carbonyl (C=O) groups is 1. The zero-order valence-corrected chi connectivity index (χ0v) is 12.8. The van der Waals surface area contributed by atoms with Crippen molar-refractivity contribution in [2.24, 2.45) is 0 Å². The van der Waals surface area contributed by atoms with Crippen molar-refractivity contribution in [1.82, 2.24) is 4.98 Å². The Labute approximate surface area is 122 Å². The van der Waals surface area contributed by atoms with Crippen LogP contribution >= 0.6 is 39.0 Å². The average molecular weight is 344 g/mol. The summed E-state index contributed by atoms with van der Waals surface area (Å²) in [5, 5.41) is 2.64. The van der Waals surface area contributed by atoms with Gasteiger partial charge in [-0.3, -0.25) is 0 Å². The summed E-state index contributed by atoms with van der Waals surface area (Å²) >= 11 is 6.65. The summed E-state index contributed by atoms with van der Waals surface area (Å²) in [4.78, 5) is 16.7. The van der Waals surface area contributed by atoms with Crippen LogP contribution in [0.25, 0.3) is 0 Å². The number of hydrogen-bond donors (Lipinski definition) is 0. The Balaban J connectivity index is 2.01. The standard InChI is InChI=1S/C12H10BrNO2S2/c1-16-12(15)9-6-18-11(14-9)7-17-10-5-3-2-4-8(10)13/h2-6H,7H2,1H3. The van der Waals surface area contributed by atoms with Crippen molar-refractivity contribution in [3.8, 4) is 0 Å². The average Bonchev–Trinajstić information content (AvgIpc) is 2.86. The molecule has 6 heteroatoms. The molecule has 0 atom stereocenters. The molecule has 1 aromatic heterocycles. The van der Waals surface area contributed by atoms with E-state index in [9.17, 15) is 4.79 Å². The molecule has 0 fully saturated rings. The van der Waals surface area contributed by atoms with Crippen LogP contribution in [0, 0.1) is 0 Å². The van der Waals surface area contributed by atoms with Crippen molar-refractivity contribution in [2.45, 2.75) is 10.6 Å². The highest BCUT2D eigenvalue weighted by molar-refractivity contribution is 9.10. The molecule has 3 nitrogen and oxygen atoms in total. The molecule has 0 amide bonds. The number of thiazole rings is 1. The molecule has 1 heterocycles. The monoisotopic (exact) mass is 343 g/mol. The third-order valence-corrected chi connectivity index (χ3v) is 5.20. The van der Waals surface area contributed by atoms with Gasteiger partial charge in [-0.05, 0) is 28.1 Å². The number of ether oxygens (including phenoxy) is 1. The van der Waals surface area contributed by atoms with Gasteiger partial charge in [0.05, 0.1) is 12.9 Å². The van der Waals surface area contributed by atoms with E-state index < -0.39 is 0 Å². The lowest BCUT2D eigenvalue weighted by Gasteiger charge is -2.01. The van der Waals surface area contributed by atoms with Gasteiger partial charge in [-0.2, -0.15) is 0 Å². The molecule has 0 aliphatic heterocycles. The molecule has 2 rings (SSSR count). The van der Waals surface area contributed by atoms with Gasteiger partial charge in [-0.15, -0.1) is 23.1 Å². The second kappa shape index (κ2) is 6.36. The Morgan fingerprint density at radius 3 is 3.00 bits per heavy atom. The molecule has 0 bridgehead atoms. The van der Waals surface area contributed by atoms with Gasteiger partial charge in [0, 0.05) is 14.7 Å². The molecule has 0 aliphatic rings. The first-order chi connectivity index (χ1) is 8.70. The number of aromatic nitrogens is 1. The maximum Gasteiger partial charge on any atom is 0.357 e. The second-order valence-corrected chi connectivity index (χ2v) is 6.15. The first-order valence-corrected chi connectivity index (χ1v) is 7.76. The maximum atomic E-state index is 11.3. The van der Waals surface area contributed by atoms with Gasteiger partial charge in [0.2, 0.25) is 0 Å². The first kappa shape index (κ1) is 13.6. The van der Waals surface area contributed by atoms with Gasteiger partial charge in [0.15, 0.2) is 5.69 Å². The zero-order valence-electron chi connectivity index (χ0n) is 9.55. The van der Waals surface area contributed by atoms with E-state index >= 15 is 0 Å². The van der Waals surface area contributed by atoms with Crippen molar-refractivity contribution in [3.63, 3.8) is 0 Å². The van der Waals surface area contributed by atoms with Gasteiger partial charge >= 0.3 is 5.97 Å². The van der Waals surface area contributed by atoms with Gasteiger partial charge in [0.1, 0.15) is 5.01 Å². The minimum Gasteiger partial charge on any atom is -0.464 e. The highest BCUT2D eigenvalue weighted by atomic mass is 79.9. The van der Waals surface area contributed by atoms with E-state index in [1.165, 1.54) is 18.4 Å². The molecule has 0 spiro atoms. The van der Waals surface area contributed by atoms with Gasteiger partial charge in [-0.1, -0.05) is 12.1 Å². The third kappa shape index (κ3) is 3.34. The van der Waals surface area contributed by atoms with E-state index in [0.29, 0.717) is 5.69 Å². The fraction of sp³-hybridized carbons (Fsp3) is 0.167. The SMILES string of the molecule is COC(=O)c1csc(CSc2ccccc2Br)n1. The summed E-state index contributed by atoms with van der Waals surface area (Å²) < 4.78 is 5.69. The highest BCUT2D eigenvalue weighted by Gasteiger charge is 2.11. The number of rotatable bonds is 4. The maximum absolute atomic E-state index is 11.3. The Morgan fingerprint density at radius 1 is 1.50 bits per heavy atom. The lowest BCUT2D eigenvalue weighted by Crippen LogP contribution is -2.01. The Kier molecular flexibility index (Phi) is 4.79. The molecule has 0 saturated heterocycles. The van der Waals surface area contributed by atoms with Crippen molar-refractivity contribution in [3.05, 3.63) is 44.8 Å². The first-order valence-electron chi connectivity index (χ1n) is 5.10. The minimum atomic E-state index is -0.386. The summed E-state index contributed by atoms with van der Waals surface area (Å²) in [6.45, 7) is 0. The number of carbonyl (C=O) groups excluding carboxylic acids is 1. The van der Waals surface area contributed by atoms with Crippen molar-refractivity contribution in [1.29, 1.82) is 0 Å². The normalized spacial score (nSPS) is 10.3. The van der Waals surface area contributed by atoms with Crippen molar-refractivity contribution in [2.75, 3.05) is 7.11 Å². The summed E-state index contributed by atoms with van der Waals surface area (Å²) in [5.74, 6) is 0.355. The molecule has 94 valence electrons. The topological polar surface area (TPSA) is 39.2 Å². The lowest BCUT2D eigenvalue weighted by molar-refractivity contribution is 0.0595. The van der Waals surface area contributed by atoms with E-state index in [-0.39, 0.29) is 5.97 Å². The van der Waals surface area contributed by atoms with E-state index in [1.807, 2.05) is 24.3 Å². The molecule has 2 aromatic rings. The van der Waals surface area contributed by atoms with Crippen LogP contribution in [0.5, 0.6) is 0 Å². The number of esters is 1. The molecule has 0 unspecified atom stereocenters. The molecular weight excluding hydrogens is 334 g/mol. The summed E-state index contributed by atoms with van der Waals surface area (Å²) in [6.07, 6.45) is 0. The van der Waals surface area contributed by atoms with Crippen LogP contribution in [-0.2, 0) is 10.5 Å². The summed E-state index contributed by atoms with van der Waals surface area (Å²) in [7, 11) is 1.36. The number of methoxy groups -OCH3 is 1. The van der Waals surface area contributed by atoms with Crippen LogP contribution in [-0.4, -0.2) is 18.1 Å². The quantitative estimate of drug-likeness (QED) is 0.621. The van der Waals surface area contributed by atoms with Crippen molar-refractivity contribution >= 4 is 45.0 Å². The minimum absolute atomic E-state index is 0.380. The Morgan fingerprint density at radius 2 is 2.28 bits per heavy atom. The molecule has 0 saturated carbocycles. The molecule has 0 N–H and O–H groups in total. The highest BCUT2D eigenvalue weighted by Crippen LogP contribution is 2.30. The molecule has 0 radical (unpaired) electrons. The molecule has 18 heavy (non-hydrogen) atoms. The third-order valence-electron chi connectivity index (χ3n) is 2.13. The predicted octanol–water partition coefficient (Wildman–Crippen LogP) is 3.98. The number of thioether (sulfide) groups is 1. The lowest BCUT2D eigenvalue weighted by atomic mass is 10.4. The number of halogens is 1. The summed E-state index contributed by atoms with van der Waals surface area (Å²) in [6, 6.07) is 8.02.